The first-order valence-electron chi connectivity index (χ1n) is 10.3. The highest BCUT2D eigenvalue weighted by Crippen LogP contribution is 2.24. The molecule has 170 valence electrons. The highest BCUT2D eigenvalue weighted by atomic mass is 35.5. The van der Waals surface area contributed by atoms with E-state index in [1.54, 1.807) is 18.4 Å². The Labute approximate surface area is 201 Å². The number of furan rings is 1. The number of nitrogens with zero attached hydrogens (tertiary/aromatic N) is 3. The van der Waals surface area contributed by atoms with E-state index in [0.717, 1.165) is 22.6 Å². The maximum absolute atomic E-state index is 12.5. The van der Waals surface area contributed by atoms with Crippen LogP contribution in [0.5, 0.6) is 5.75 Å². The summed E-state index contributed by atoms with van der Waals surface area (Å²) in [5, 5.41) is 12.7. The number of anilines is 1. The van der Waals surface area contributed by atoms with Crippen molar-refractivity contribution in [2.24, 2.45) is 0 Å². The number of ether oxygens (including phenoxy) is 1. The van der Waals surface area contributed by atoms with Gasteiger partial charge in [-0.2, -0.15) is 0 Å². The van der Waals surface area contributed by atoms with Crippen LogP contribution in [0.25, 0.3) is 0 Å². The van der Waals surface area contributed by atoms with Gasteiger partial charge in [0, 0.05) is 10.7 Å². The van der Waals surface area contributed by atoms with Crippen molar-refractivity contribution in [2.75, 3.05) is 11.1 Å². The van der Waals surface area contributed by atoms with Gasteiger partial charge in [-0.1, -0.05) is 47.1 Å². The molecule has 0 aliphatic rings. The van der Waals surface area contributed by atoms with Crippen LogP contribution in [0.4, 0.5) is 5.69 Å². The summed E-state index contributed by atoms with van der Waals surface area (Å²) in [7, 11) is 0. The third kappa shape index (κ3) is 5.97. The van der Waals surface area contributed by atoms with E-state index in [-0.39, 0.29) is 18.3 Å². The lowest BCUT2D eigenvalue weighted by Crippen LogP contribution is -2.16. The van der Waals surface area contributed by atoms with E-state index in [1.165, 1.54) is 11.8 Å². The van der Waals surface area contributed by atoms with Gasteiger partial charge in [0.05, 0.1) is 18.6 Å². The van der Waals surface area contributed by atoms with Crippen molar-refractivity contribution in [3.8, 4) is 5.75 Å². The fourth-order valence-electron chi connectivity index (χ4n) is 3.09. The largest absolute Gasteiger partial charge is 0.486 e. The number of carbonyl (C=O) groups is 1. The number of aromatic nitrogens is 3. The maximum atomic E-state index is 12.5. The number of rotatable bonds is 9. The second-order valence-electron chi connectivity index (χ2n) is 7.42. The molecule has 0 aliphatic heterocycles. The molecule has 2 heterocycles. The van der Waals surface area contributed by atoms with Gasteiger partial charge in [-0.25, -0.2) is 0 Å². The molecule has 0 bridgehead atoms. The van der Waals surface area contributed by atoms with Crippen molar-refractivity contribution in [3.05, 3.63) is 88.6 Å². The summed E-state index contributed by atoms with van der Waals surface area (Å²) in [5.41, 5.74) is 2.68. The van der Waals surface area contributed by atoms with Gasteiger partial charge >= 0.3 is 0 Å². The van der Waals surface area contributed by atoms with Crippen LogP contribution in [0.2, 0.25) is 5.02 Å². The monoisotopic (exact) mass is 482 g/mol. The number of benzene rings is 2. The minimum atomic E-state index is -0.157. The lowest BCUT2D eigenvalue weighted by Gasteiger charge is -2.11. The van der Waals surface area contributed by atoms with Gasteiger partial charge in [0.1, 0.15) is 18.1 Å². The Hall–Kier alpha value is -3.23. The van der Waals surface area contributed by atoms with E-state index in [0.29, 0.717) is 28.2 Å². The predicted octanol–water partition coefficient (Wildman–Crippen LogP) is 5.50. The summed E-state index contributed by atoms with van der Waals surface area (Å²) in [6.07, 6.45) is 1.62. The van der Waals surface area contributed by atoms with Gasteiger partial charge in [-0.15, -0.1) is 10.2 Å². The molecule has 0 saturated carbocycles. The SMILES string of the molecule is Cc1ccc(OCc2nnc(SCC(=O)Nc3cccc(Cl)c3C)n2Cc2ccco2)cc1. The fourth-order valence-corrected chi connectivity index (χ4v) is 4.02. The zero-order chi connectivity index (χ0) is 23.2. The lowest BCUT2D eigenvalue weighted by atomic mass is 10.2. The summed E-state index contributed by atoms with van der Waals surface area (Å²) >= 11 is 7.44. The Balaban J connectivity index is 1.45. The summed E-state index contributed by atoms with van der Waals surface area (Å²) < 4.78 is 13.3. The number of hydrogen-bond acceptors (Lipinski definition) is 6. The Morgan fingerprint density at radius 2 is 1.94 bits per heavy atom. The zero-order valence-corrected chi connectivity index (χ0v) is 19.8. The molecule has 0 saturated heterocycles. The molecule has 33 heavy (non-hydrogen) atoms. The molecule has 1 amide bonds. The summed E-state index contributed by atoms with van der Waals surface area (Å²) in [6, 6.07) is 16.9. The normalized spacial score (nSPS) is 10.9. The van der Waals surface area contributed by atoms with Crippen LogP contribution in [0.15, 0.2) is 70.4 Å². The van der Waals surface area contributed by atoms with Gasteiger partial charge in [-0.3, -0.25) is 9.36 Å². The van der Waals surface area contributed by atoms with Gasteiger partial charge in [0.25, 0.3) is 0 Å². The molecule has 0 atom stereocenters. The average molecular weight is 483 g/mol. The van der Waals surface area contributed by atoms with Gasteiger partial charge in [0.15, 0.2) is 11.0 Å². The first-order valence-corrected chi connectivity index (χ1v) is 11.7. The van der Waals surface area contributed by atoms with Crippen molar-refractivity contribution in [1.82, 2.24) is 14.8 Å². The van der Waals surface area contributed by atoms with E-state index >= 15 is 0 Å². The third-order valence-corrected chi connectivity index (χ3v) is 6.33. The number of nitrogens with one attached hydrogen (secondary N) is 1. The molecule has 0 aliphatic carbocycles. The highest BCUT2D eigenvalue weighted by Gasteiger charge is 2.17. The molecule has 2 aromatic carbocycles. The Morgan fingerprint density at radius 1 is 1.12 bits per heavy atom. The van der Waals surface area contributed by atoms with E-state index in [2.05, 4.69) is 15.5 Å². The molecular weight excluding hydrogens is 460 g/mol. The van der Waals surface area contributed by atoms with Gasteiger partial charge < -0.3 is 14.5 Å². The number of halogens is 1. The molecule has 0 unspecified atom stereocenters. The Bertz CT molecular complexity index is 1220. The van der Waals surface area contributed by atoms with Crippen molar-refractivity contribution in [1.29, 1.82) is 0 Å². The summed E-state index contributed by atoms with van der Waals surface area (Å²) in [6.45, 7) is 4.57. The Morgan fingerprint density at radius 3 is 2.70 bits per heavy atom. The quantitative estimate of drug-likeness (QED) is 0.317. The standard InChI is InChI=1S/C24H23ClN4O3S/c1-16-8-10-18(11-9-16)32-14-22-27-28-24(29(22)13-19-5-4-12-31-19)33-15-23(30)26-21-7-3-6-20(25)17(21)2/h3-12H,13-15H2,1-2H3,(H,26,30). The van der Waals surface area contributed by atoms with Gasteiger partial charge in [-0.05, 0) is 55.8 Å². The molecule has 4 aromatic rings. The second-order valence-corrected chi connectivity index (χ2v) is 8.76. The molecule has 9 heteroatoms. The smallest absolute Gasteiger partial charge is 0.234 e. The number of thioether (sulfide) groups is 1. The van der Waals surface area contributed by atoms with Crippen molar-refractivity contribution < 1.29 is 13.9 Å². The van der Waals surface area contributed by atoms with Crippen LogP contribution in [-0.2, 0) is 17.9 Å². The minimum Gasteiger partial charge on any atom is -0.486 e. The van der Waals surface area contributed by atoms with Crippen molar-refractivity contribution in [2.45, 2.75) is 32.2 Å². The third-order valence-electron chi connectivity index (χ3n) is 4.95. The zero-order valence-electron chi connectivity index (χ0n) is 18.2. The minimum absolute atomic E-state index is 0.157. The molecule has 1 N–H and O–H groups in total. The fraction of sp³-hybridized carbons (Fsp3) is 0.208. The van der Waals surface area contributed by atoms with Crippen LogP contribution in [-0.4, -0.2) is 26.4 Å². The van der Waals surface area contributed by atoms with Crippen LogP contribution in [0.1, 0.15) is 22.7 Å². The van der Waals surface area contributed by atoms with E-state index in [1.807, 2.05) is 60.9 Å². The molecule has 7 nitrogen and oxygen atoms in total. The predicted molar refractivity (Wildman–Crippen MR) is 129 cm³/mol. The topological polar surface area (TPSA) is 82.2 Å². The van der Waals surface area contributed by atoms with Crippen molar-refractivity contribution in [3.63, 3.8) is 0 Å². The van der Waals surface area contributed by atoms with Crippen LogP contribution >= 0.6 is 23.4 Å². The first-order chi connectivity index (χ1) is 16.0. The number of amides is 1. The molecule has 0 radical (unpaired) electrons. The van der Waals surface area contributed by atoms with Crippen molar-refractivity contribution >= 4 is 35.0 Å². The Kier molecular flexibility index (Phi) is 7.36. The van der Waals surface area contributed by atoms with E-state index < -0.39 is 0 Å². The van der Waals surface area contributed by atoms with E-state index in [9.17, 15) is 4.79 Å². The van der Waals surface area contributed by atoms with Crippen LogP contribution < -0.4 is 10.1 Å². The summed E-state index contributed by atoms with van der Waals surface area (Å²) in [5.74, 6) is 2.16. The molecule has 0 fully saturated rings. The molecule has 0 spiro atoms. The molecule has 2 aromatic heterocycles. The highest BCUT2D eigenvalue weighted by molar-refractivity contribution is 7.99. The second kappa shape index (κ2) is 10.6. The molecular formula is C24H23ClN4O3S. The first kappa shape index (κ1) is 22.9. The summed E-state index contributed by atoms with van der Waals surface area (Å²) in [4.78, 5) is 12.5. The number of aryl methyl sites for hydroxylation is 1. The average Bonchev–Trinajstić information content (AvgIpc) is 3.46. The number of carbonyl (C=O) groups excluding carboxylic acids is 1. The van der Waals surface area contributed by atoms with E-state index in [4.69, 9.17) is 20.8 Å². The van der Waals surface area contributed by atoms with Crippen LogP contribution in [0.3, 0.4) is 0 Å². The lowest BCUT2D eigenvalue weighted by molar-refractivity contribution is -0.113. The van der Waals surface area contributed by atoms with Crippen LogP contribution in [0, 0.1) is 13.8 Å². The molecule has 4 rings (SSSR count). The van der Waals surface area contributed by atoms with Gasteiger partial charge in [0.2, 0.25) is 5.91 Å². The maximum Gasteiger partial charge on any atom is 0.234 e. The number of hydrogen-bond donors (Lipinski definition) is 1.